The topological polar surface area (TPSA) is 40.6 Å². The average molecular weight is 425 g/mol. The molecule has 174 valence electrons. The molecule has 0 bridgehead atoms. The van der Waals surface area contributed by atoms with Gasteiger partial charge in [0, 0.05) is 25.9 Å². The monoisotopic (exact) mass is 424 g/mol. The molecular formula is C24H48N4O2+2. The van der Waals surface area contributed by atoms with Gasteiger partial charge in [-0.3, -0.25) is 19.4 Å². The zero-order valence-corrected chi connectivity index (χ0v) is 20.3. The van der Waals surface area contributed by atoms with E-state index >= 15 is 0 Å². The normalized spacial score (nSPS) is 19.7. The maximum atomic E-state index is 12.3. The maximum absolute atomic E-state index is 12.3. The highest BCUT2D eigenvalue weighted by Gasteiger charge is 2.34. The number of amides is 2. The molecule has 0 aliphatic carbocycles. The van der Waals surface area contributed by atoms with Crippen LogP contribution in [0.5, 0.6) is 0 Å². The number of carbonyl (C=O) groups is 2. The van der Waals surface area contributed by atoms with E-state index in [1.54, 1.807) is 0 Å². The van der Waals surface area contributed by atoms with Crippen molar-refractivity contribution in [2.75, 3.05) is 67.2 Å². The molecule has 30 heavy (non-hydrogen) atoms. The number of likely N-dealkylation sites (N-methyl/N-ethyl adjacent to an activating group) is 2. The van der Waals surface area contributed by atoms with Crippen molar-refractivity contribution in [2.24, 2.45) is 0 Å². The Morgan fingerprint density at radius 3 is 1.77 bits per heavy atom. The lowest BCUT2D eigenvalue weighted by atomic mass is 10.1. The SMILES string of the molecule is CCCCCCCCC[N+](C)(CC[N+](C)(C)CN1CCCC1=O)CN1CCCC1=O. The number of carbonyl (C=O) groups excluding carboxylic acids is 2. The lowest BCUT2D eigenvalue weighted by molar-refractivity contribution is -0.963. The minimum Gasteiger partial charge on any atom is -0.307 e. The van der Waals surface area contributed by atoms with Gasteiger partial charge in [0.2, 0.25) is 11.8 Å². The molecule has 0 radical (unpaired) electrons. The summed E-state index contributed by atoms with van der Waals surface area (Å²) in [6.07, 6.45) is 12.7. The summed E-state index contributed by atoms with van der Waals surface area (Å²) in [5, 5.41) is 0. The summed E-state index contributed by atoms with van der Waals surface area (Å²) in [5.74, 6) is 0.638. The first-order valence-electron chi connectivity index (χ1n) is 12.5. The van der Waals surface area contributed by atoms with Crippen molar-refractivity contribution in [3.05, 3.63) is 0 Å². The third kappa shape index (κ3) is 8.54. The lowest BCUT2D eigenvalue weighted by Gasteiger charge is -2.41. The van der Waals surface area contributed by atoms with E-state index in [9.17, 15) is 9.59 Å². The number of unbranched alkanes of at least 4 members (excludes halogenated alkanes) is 6. The summed E-state index contributed by atoms with van der Waals surface area (Å²) in [7, 11) is 6.82. The van der Waals surface area contributed by atoms with Crippen LogP contribution in [0.4, 0.5) is 0 Å². The Kier molecular flexibility index (Phi) is 10.1. The van der Waals surface area contributed by atoms with E-state index in [1.165, 1.54) is 44.9 Å². The number of quaternary nitrogens is 2. The van der Waals surface area contributed by atoms with Gasteiger partial charge >= 0.3 is 0 Å². The average Bonchev–Trinajstić information content (AvgIpc) is 3.27. The molecule has 2 rings (SSSR count). The van der Waals surface area contributed by atoms with Crippen molar-refractivity contribution in [2.45, 2.75) is 77.6 Å². The van der Waals surface area contributed by atoms with Crippen LogP contribution in [0.3, 0.4) is 0 Å². The molecule has 6 heteroatoms. The van der Waals surface area contributed by atoms with E-state index in [-0.39, 0.29) is 0 Å². The maximum Gasteiger partial charge on any atom is 0.226 e. The van der Waals surface area contributed by atoms with Gasteiger partial charge in [-0.25, -0.2) is 0 Å². The predicted octanol–water partition coefficient (Wildman–Crippen LogP) is 3.42. The first-order chi connectivity index (χ1) is 14.2. The third-order valence-electron chi connectivity index (χ3n) is 6.96. The largest absolute Gasteiger partial charge is 0.307 e. The molecule has 1 atom stereocenters. The second-order valence-corrected chi connectivity index (χ2v) is 10.7. The summed E-state index contributed by atoms with van der Waals surface area (Å²) < 4.78 is 1.78. The fraction of sp³-hybridized carbons (Fsp3) is 0.917. The van der Waals surface area contributed by atoms with E-state index in [0.717, 1.165) is 74.3 Å². The third-order valence-corrected chi connectivity index (χ3v) is 6.96. The molecule has 0 aromatic heterocycles. The van der Waals surface area contributed by atoms with Gasteiger partial charge in [0.05, 0.1) is 27.7 Å². The van der Waals surface area contributed by atoms with Crippen LogP contribution in [-0.2, 0) is 9.59 Å². The molecule has 2 heterocycles. The fourth-order valence-electron chi connectivity index (χ4n) is 4.87. The second kappa shape index (κ2) is 12.0. The number of nitrogens with zero attached hydrogens (tertiary/aromatic N) is 4. The molecule has 6 nitrogen and oxygen atoms in total. The smallest absolute Gasteiger partial charge is 0.226 e. The molecule has 2 fully saturated rings. The molecule has 0 aromatic carbocycles. The second-order valence-electron chi connectivity index (χ2n) is 10.7. The Bertz CT molecular complexity index is 551. The summed E-state index contributed by atoms with van der Waals surface area (Å²) in [6.45, 7) is 8.96. The van der Waals surface area contributed by atoms with E-state index in [0.29, 0.717) is 18.2 Å². The van der Waals surface area contributed by atoms with E-state index < -0.39 is 0 Å². The summed E-state index contributed by atoms with van der Waals surface area (Å²) in [6, 6.07) is 0. The molecule has 2 aliphatic rings. The molecule has 2 aliphatic heterocycles. The van der Waals surface area contributed by atoms with Crippen LogP contribution >= 0.6 is 0 Å². The van der Waals surface area contributed by atoms with Crippen molar-refractivity contribution in [3.63, 3.8) is 0 Å². The van der Waals surface area contributed by atoms with E-state index in [1.807, 2.05) is 4.90 Å². The quantitative estimate of drug-likeness (QED) is 0.299. The van der Waals surface area contributed by atoms with Crippen LogP contribution in [0.2, 0.25) is 0 Å². The predicted molar refractivity (Wildman–Crippen MR) is 123 cm³/mol. The first-order valence-corrected chi connectivity index (χ1v) is 12.5. The van der Waals surface area contributed by atoms with Crippen LogP contribution in [0, 0.1) is 0 Å². The van der Waals surface area contributed by atoms with Crippen molar-refractivity contribution >= 4 is 11.8 Å². The molecule has 2 saturated heterocycles. The minimum absolute atomic E-state index is 0.309. The number of rotatable bonds is 15. The number of hydrogen-bond donors (Lipinski definition) is 0. The first kappa shape index (κ1) is 25.1. The standard InChI is InChI=1S/C24H48N4O2/c1-5-6-7-8-9-10-11-18-28(4,22-26-17-13-15-24(26)30)20-19-27(2,3)21-25-16-12-14-23(25)29/h5-22H2,1-4H3/q+2. The van der Waals surface area contributed by atoms with Gasteiger partial charge in [-0.15, -0.1) is 0 Å². The molecule has 2 amide bonds. The van der Waals surface area contributed by atoms with Gasteiger partial charge in [-0.1, -0.05) is 39.0 Å². The minimum atomic E-state index is 0.309. The Balaban J connectivity index is 1.86. The van der Waals surface area contributed by atoms with Crippen LogP contribution in [0.15, 0.2) is 0 Å². The van der Waals surface area contributed by atoms with Gasteiger partial charge in [-0.2, -0.15) is 0 Å². The fourth-order valence-corrected chi connectivity index (χ4v) is 4.87. The van der Waals surface area contributed by atoms with Crippen molar-refractivity contribution in [1.82, 2.24) is 9.80 Å². The Labute approximate surface area is 185 Å². The highest BCUT2D eigenvalue weighted by Crippen LogP contribution is 2.18. The van der Waals surface area contributed by atoms with Crippen molar-refractivity contribution < 1.29 is 18.6 Å². The molecule has 0 spiro atoms. The summed E-state index contributed by atoms with van der Waals surface area (Å²) >= 11 is 0. The molecule has 0 N–H and O–H groups in total. The van der Waals surface area contributed by atoms with Crippen LogP contribution < -0.4 is 0 Å². The number of likely N-dealkylation sites (tertiary alicyclic amines) is 2. The van der Waals surface area contributed by atoms with Crippen LogP contribution in [0.1, 0.15) is 77.6 Å². The zero-order valence-electron chi connectivity index (χ0n) is 20.3. The van der Waals surface area contributed by atoms with Gasteiger partial charge in [0.15, 0.2) is 13.3 Å². The van der Waals surface area contributed by atoms with Gasteiger partial charge < -0.3 is 8.97 Å². The Morgan fingerprint density at radius 2 is 1.23 bits per heavy atom. The van der Waals surface area contributed by atoms with E-state index in [2.05, 4.69) is 33.0 Å². The van der Waals surface area contributed by atoms with Crippen molar-refractivity contribution in [3.8, 4) is 0 Å². The molecular weight excluding hydrogens is 376 g/mol. The molecule has 0 aromatic rings. The highest BCUT2D eigenvalue weighted by atomic mass is 16.2. The summed E-state index contributed by atoms with van der Waals surface area (Å²) in [5.41, 5.74) is 0. The van der Waals surface area contributed by atoms with Gasteiger partial charge in [0.1, 0.15) is 13.1 Å². The number of hydrogen-bond acceptors (Lipinski definition) is 2. The van der Waals surface area contributed by atoms with Gasteiger partial charge in [0.25, 0.3) is 0 Å². The highest BCUT2D eigenvalue weighted by molar-refractivity contribution is 5.78. The summed E-state index contributed by atoms with van der Waals surface area (Å²) in [4.78, 5) is 28.4. The Hall–Kier alpha value is -1.14. The molecule has 0 saturated carbocycles. The Morgan fingerprint density at radius 1 is 0.700 bits per heavy atom. The lowest BCUT2D eigenvalue weighted by Crippen LogP contribution is -2.58. The van der Waals surface area contributed by atoms with Gasteiger partial charge in [-0.05, 0) is 25.7 Å². The van der Waals surface area contributed by atoms with E-state index in [4.69, 9.17) is 0 Å². The zero-order chi connectivity index (χ0) is 22.0. The molecule has 1 unspecified atom stereocenters. The van der Waals surface area contributed by atoms with Crippen molar-refractivity contribution in [1.29, 1.82) is 0 Å². The van der Waals surface area contributed by atoms with Crippen LogP contribution in [0.25, 0.3) is 0 Å². The van der Waals surface area contributed by atoms with Crippen LogP contribution in [-0.4, -0.2) is 97.8 Å².